The van der Waals surface area contributed by atoms with Crippen LogP contribution < -0.4 is 5.32 Å². The van der Waals surface area contributed by atoms with Crippen LogP contribution in [0.2, 0.25) is 0 Å². The fraction of sp³-hybridized carbons (Fsp3) is 0.200. The summed E-state index contributed by atoms with van der Waals surface area (Å²) in [5.41, 5.74) is -0.0878. The van der Waals surface area contributed by atoms with E-state index in [1.165, 1.54) is 41.3 Å². The zero-order valence-electron chi connectivity index (χ0n) is 15.9. The van der Waals surface area contributed by atoms with Gasteiger partial charge < -0.3 is 10.2 Å². The quantitative estimate of drug-likeness (QED) is 0.303. The Bertz CT molecular complexity index is 978. The average molecular weight is 421 g/mol. The first-order chi connectivity index (χ1) is 14.2. The van der Waals surface area contributed by atoms with E-state index in [0.717, 1.165) is 6.07 Å². The molecule has 0 aliphatic heterocycles. The van der Waals surface area contributed by atoms with Crippen molar-refractivity contribution in [3.05, 3.63) is 75.6 Å². The lowest BCUT2D eigenvalue weighted by molar-refractivity contribution is -0.384. The lowest BCUT2D eigenvalue weighted by Gasteiger charge is -2.20. The number of nitrogens with one attached hydrogen (secondary N) is 1. The highest BCUT2D eigenvalue weighted by Gasteiger charge is 2.18. The summed E-state index contributed by atoms with van der Waals surface area (Å²) >= 11 is 0. The Morgan fingerprint density at radius 3 is 2.37 bits per heavy atom. The maximum Gasteiger partial charge on any atom is 0.269 e. The molecule has 2 rings (SSSR count). The van der Waals surface area contributed by atoms with Crippen LogP contribution in [-0.4, -0.2) is 34.7 Å². The van der Waals surface area contributed by atoms with Crippen molar-refractivity contribution in [3.63, 3.8) is 0 Å². The number of non-ortho nitro benzene ring substituents is 1. The third kappa shape index (κ3) is 5.90. The SMILES string of the molecule is CCCN(CC(=O)Nc1ccc(F)c(F)c1F)C(=O)/C=C/c1ccc([N+](=O)[O-])cc1. The fourth-order valence-electron chi connectivity index (χ4n) is 2.50. The van der Waals surface area contributed by atoms with E-state index in [9.17, 15) is 32.9 Å². The van der Waals surface area contributed by atoms with Crippen LogP contribution in [-0.2, 0) is 9.59 Å². The number of carbonyl (C=O) groups excluding carboxylic acids is 2. The number of carbonyl (C=O) groups is 2. The summed E-state index contributed by atoms with van der Waals surface area (Å²) in [4.78, 5) is 35.9. The van der Waals surface area contributed by atoms with E-state index in [1.807, 2.05) is 0 Å². The normalized spacial score (nSPS) is 10.8. The molecule has 30 heavy (non-hydrogen) atoms. The van der Waals surface area contributed by atoms with Gasteiger partial charge in [-0.05, 0) is 42.3 Å². The minimum Gasteiger partial charge on any atom is -0.330 e. The summed E-state index contributed by atoms with van der Waals surface area (Å²) in [6, 6.07) is 7.06. The number of amides is 2. The molecule has 0 fully saturated rings. The van der Waals surface area contributed by atoms with Gasteiger partial charge in [0.15, 0.2) is 17.5 Å². The molecule has 158 valence electrons. The van der Waals surface area contributed by atoms with E-state index >= 15 is 0 Å². The molecule has 0 heterocycles. The molecule has 0 saturated carbocycles. The van der Waals surface area contributed by atoms with Crippen LogP contribution in [0.25, 0.3) is 6.08 Å². The molecule has 0 aliphatic carbocycles. The van der Waals surface area contributed by atoms with Crippen molar-refractivity contribution in [2.45, 2.75) is 13.3 Å². The number of halogens is 3. The lowest BCUT2D eigenvalue weighted by Crippen LogP contribution is -2.37. The number of nitrogens with zero attached hydrogens (tertiary/aromatic N) is 2. The van der Waals surface area contributed by atoms with Crippen LogP contribution >= 0.6 is 0 Å². The zero-order chi connectivity index (χ0) is 22.3. The molecular formula is C20H18F3N3O4. The summed E-state index contributed by atoms with van der Waals surface area (Å²) in [6.45, 7) is 1.57. The molecule has 2 aromatic rings. The van der Waals surface area contributed by atoms with Gasteiger partial charge in [0.2, 0.25) is 11.8 Å². The molecule has 0 unspecified atom stereocenters. The van der Waals surface area contributed by atoms with Crippen molar-refractivity contribution in [1.82, 2.24) is 4.90 Å². The molecular weight excluding hydrogens is 403 g/mol. The largest absolute Gasteiger partial charge is 0.330 e. The Balaban J connectivity index is 2.05. The Labute approximate surface area is 170 Å². The molecule has 0 atom stereocenters. The molecule has 10 heteroatoms. The third-order valence-corrected chi connectivity index (χ3v) is 3.97. The van der Waals surface area contributed by atoms with Gasteiger partial charge in [0.1, 0.15) is 6.54 Å². The molecule has 0 saturated heterocycles. The number of nitro benzene ring substituents is 1. The first-order valence-corrected chi connectivity index (χ1v) is 8.87. The van der Waals surface area contributed by atoms with E-state index in [-0.39, 0.29) is 12.2 Å². The molecule has 0 aromatic heterocycles. The summed E-state index contributed by atoms with van der Waals surface area (Å²) in [5, 5.41) is 12.8. The number of rotatable bonds is 8. The molecule has 2 aromatic carbocycles. The van der Waals surface area contributed by atoms with Crippen molar-refractivity contribution < 1.29 is 27.7 Å². The minimum atomic E-state index is -1.71. The second-order valence-corrected chi connectivity index (χ2v) is 6.21. The van der Waals surface area contributed by atoms with E-state index in [2.05, 4.69) is 5.32 Å². The van der Waals surface area contributed by atoms with Gasteiger partial charge >= 0.3 is 0 Å². The van der Waals surface area contributed by atoms with Crippen molar-refractivity contribution in [2.24, 2.45) is 0 Å². The molecule has 0 spiro atoms. The standard InChI is InChI=1S/C20H18F3N3O4/c1-2-11-25(12-17(27)24-16-9-8-15(21)19(22)20(16)23)18(28)10-5-13-3-6-14(7-4-13)26(29)30/h3-10H,2,11-12H2,1H3,(H,24,27)/b10-5+. The van der Waals surface area contributed by atoms with Crippen molar-refractivity contribution in [1.29, 1.82) is 0 Å². The van der Waals surface area contributed by atoms with Gasteiger partial charge in [0.25, 0.3) is 5.69 Å². The average Bonchev–Trinajstić information content (AvgIpc) is 2.72. The zero-order valence-corrected chi connectivity index (χ0v) is 15.9. The second kappa shape index (κ2) is 10.2. The Kier molecular flexibility index (Phi) is 7.68. The highest BCUT2D eigenvalue weighted by Crippen LogP contribution is 2.19. The van der Waals surface area contributed by atoms with Crippen LogP contribution in [0.5, 0.6) is 0 Å². The number of anilines is 1. The van der Waals surface area contributed by atoms with E-state index in [4.69, 9.17) is 0 Å². The molecule has 0 radical (unpaired) electrons. The number of nitro groups is 1. The smallest absolute Gasteiger partial charge is 0.269 e. The van der Waals surface area contributed by atoms with Gasteiger partial charge in [-0.1, -0.05) is 6.92 Å². The van der Waals surface area contributed by atoms with E-state index < -0.39 is 46.4 Å². The van der Waals surface area contributed by atoms with Crippen LogP contribution in [0, 0.1) is 27.6 Å². The van der Waals surface area contributed by atoms with Gasteiger partial charge in [-0.25, -0.2) is 13.2 Å². The van der Waals surface area contributed by atoms with E-state index in [0.29, 0.717) is 18.1 Å². The van der Waals surface area contributed by atoms with Crippen LogP contribution in [0.4, 0.5) is 24.5 Å². The topological polar surface area (TPSA) is 92.6 Å². The second-order valence-electron chi connectivity index (χ2n) is 6.21. The Morgan fingerprint density at radius 2 is 1.77 bits per heavy atom. The van der Waals surface area contributed by atoms with Crippen LogP contribution in [0.3, 0.4) is 0 Å². The maximum absolute atomic E-state index is 13.7. The summed E-state index contributed by atoms with van der Waals surface area (Å²) in [5.74, 6) is -5.93. The Morgan fingerprint density at radius 1 is 1.10 bits per heavy atom. The monoisotopic (exact) mass is 421 g/mol. The summed E-state index contributed by atoms with van der Waals surface area (Å²) in [6.07, 6.45) is 3.16. The molecule has 0 aliphatic rings. The lowest BCUT2D eigenvalue weighted by atomic mass is 10.2. The van der Waals surface area contributed by atoms with Gasteiger partial charge in [0.05, 0.1) is 10.6 Å². The van der Waals surface area contributed by atoms with E-state index in [1.54, 1.807) is 6.92 Å². The predicted octanol–water partition coefficient (Wildman–Crippen LogP) is 3.90. The van der Waals surface area contributed by atoms with Crippen molar-refractivity contribution in [2.75, 3.05) is 18.4 Å². The molecule has 0 bridgehead atoms. The predicted molar refractivity (Wildman–Crippen MR) is 104 cm³/mol. The van der Waals surface area contributed by atoms with Crippen molar-refractivity contribution >= 4 is 29.3 Å². The highest BCUT2D eigenvalue weighted by molar-refractivity contribution is 5.98. The highest BCUT2D eigenvalue weighted by atomic mass is 19.2. The van der Waals surface area contributed by atoms with Gasteiger partial charge in [-0.3, -0.25) is 19.7 Å². The van der Waals surface area contributed by atoms with Crippen LogP contribution in [0.1, 0.15) is 18.9 Å². The van der Waals surface area contributed by atoms with Gasteiger partial charge in [-0.2, -0.15) is 0 Å². The number of benzene rings is 2. The number of hydrogen-bond acceptors (Lipinski definition) is 4. The van der Waals surface area contributed by atoms with Gasteiger partial charge in [-0.15, -0.1) is 0 Å². The first kappa shape index (κ1) is 22.6. The third-order valence-electron chi connectivity index (χ3n) is 3.97. The Hall–Kier alpha value is -3.69. The van der Waals surface area contributed by atoms with Gasteiger partial charge in [0, 0.05) is 24.8 Å². The summed E-state index contributed by atoms with van der Waals surface area (Å²) in [7, 11) is 0. The molecule has 7 nitrogen and oxygen atoms in total. The minimum absolute atomic E-state index is 0.0905. The number of hydrogen-bond donors (Lipinski definition) is 1. The molecule has 2 amide bonds. The fourth-order valence-corrected chi connectivity index (χ4v) is 2.50. The summed E-state index contributed by atoms with van der Waals surface area (Å²) < 4.78 is 39.9. The first-order valence-electron chi connectivity index (χ1n) is 8.87. The molecule has 1 N–H and O–H groups in total. The van der Waals surface area contributed by atoms with Crippen molar-refractivity contribution in [3.8, 4) is 0 Å². The maximum atomic E-state index is 13.7. The van der Waals surface area contributed by atoms with Crippen LogP contribution in [0.15, 0.2) is 42.5 Å².